The zero-order valence-electron chi connectivity index (χ0n) is 27.6. The van der Waals surface area contributed by atoms with Crippen molar-refractivity contribution in [2.24, 2.45) is 11.8 Å². The van der Waals surface area contributed by atoms with Gasteiger partial charge in [-0.2, -0.15) is 0 Å². The Kier molecular flexibility index (Phi) is 11.3. The van der Waals surface area contributed by atoms with Gasteiger partial charge in [-0.05, 0) is 68.4 Å². The third-order valence-corrected chi connectivity index (χ3v) is 8.27. The van der Waals surface area contributed by atoms with Crippen LogP contribution in [0.5, 0.6) is 11.5 Å². The summed E-state index contributed by atoms with van der Waals surface area (Å²) < 4.78 is 22.7. The third kappa shape index (κ3) is 9.33. The molecule has 2 aromatic carbocycles. The minimum absolute atomic E-state index is 0.0784. The molecule has 244 valence electrons. The maximum Gasteiger partial charge on any atom is 0.331 e. The van der Waals surface area contributed by atoms with Gasteiger partial charge in [-0.15, -0.1) is 0 Å². The summed E-state index contributed by atoms with van der Waals surface area (Å²) >= 11 is 0. The number of ether oxygens (including phenoxy) is 4. The minimum atomic E-state index is -0.915. The summed E-state index contributed by atoms with van der Waals surface area (Å²) in [6.07, 6.45) is 4.69. The predicted octanol–water partition coefficient (Wildman–Crippen LogP) is 5.21. The lowest BCUT2D eigenvalue weighted by atomic mass is 9.79. The van der Waals surface area contributed by atoms with Gasteiger partial charge in [0.15, 0.2) is 11.5 Å². The van der Waals surface area contributed by atoms with Crippen molar-refractivity contribution in [3.8, 4) is 11.5 Å². The van der Waals surface area contributed by atoms with Gasteiger partial charge in [0.05, 0.1) is 14.2 Å². The number of fused-ring (bicyclic) bond motifs is 3. The highest BCUT2D eigenvalue weighted by molar-refractivity contribution is 5.96. The van der Waals surface area contributed by atoms with E-state index in [0.29, 0.717) is 23.8 Å². The molecule has 0 bridgehead atoms. The van der Waals surface area contributed by atoms with Crippen molar-refractivity contribution in [3.63, 3.8) is 0 Å². The molecule has 0 unspecified atom stereocenters. The van der Waals surface area contributed by atoms with E-state index in [9.17, 15) is 14.4 Å². The summed E-state index contributed by atoms with van der Waals surface area (Å²) in [7, 11) is 3.27. The Balaban J connectivity index is 1.46. The van der Waals surface area contributed by atoms with E-state index < -0.39 is 29.5 Å². The molecule has 1 N–H and O–H groups in total. The van der Waals surface area contributed by atoms with Crippen LogP contribution in [-0.4, -0.2) is 67.8 Å². The number of rotatable bonds is 11. The second-order valence-electron chi connectivity index (χ2n) is 13.4. The van der Waals surface area contributed by atoms with Crippen molar-refractivity contribution in [1.29, 1.82) is 0 Å². The second-order valence-corrected chi connectivity index (χ2v) is 13.4. The average molecular weight is 621 g/mol. The van der Waals surface area contributed by atoms with Gasteiger partial charge in [0, 0.05) is 50.0 Å². The van der Waals surface area contributed by atoms with Crippen molar-refractivity contribution in [2.45, 2.75) is 84.1 Å². The topological polar surface area (TPSA) is 103 Å². The van der Waals surface area contributed by atoms with Crippen LogP contribution in [0.1, 0.15) is 70.2 Å². The second kappa shape index (κ2) is 15.0. The van der Waals surface area contributed by atoms with Gasteiger partial charge in [0.2, 0.25) is 5.91 Å². The van der Waals surface area contributed by atoms with Crippen LogP contribution in [0.4, 0.5) is 0 Å². The number of nitrogens with zero attached hydrogens (tertiary/aromatic N) is 1. The molecule has 1 fully saturated rings. The normalized spacial score (nSPS) is 20.6. The summed E-state index contributed by atoms with van der Waals surface area (Å²) in [5, 5.41) is 2.71. The Hall–Kier alpha value is -3.85. The molecule has 2 aliphatic heterocycles. The SMILES string of the molecule is COc1cc2c(cc1OC)[C@H]1C[C@@H](OC(=O)/C=C/C(=O)N[C@@H](Cc3ccccc3)C(=O)OC(C)(C)C)[C@H](CC(C)C)CN1CC2. The Morgan fingerprint density at radius 2 is 1.71 bits per heavy atom. The molecule has 9 nitrogen and oxygen atoms in total. The summed E-state index contributed by atoms with van der Waals surface area (Å²) in [6, 6.07) is 12.7. The van der Waals surface area contributed by atoms with E-state index in [1.54, 1.807) is 35.0 Å². The highest BCUT2D eigenvalue weighted by Gasteiger charge is 2.41. The molecule has 0 saturated carbocycles. The lowest BCUT2D eigenvalue weighted by molar-refractivity contribution is -0.158. The quantitative estimate of drug-likeness (QED) is 0.270. The molecule has 45 heavy (non-hydrogen) atoms. The monoisotopic (exact) mass is 620 g/mol. The molecule has 1 saturated heterocycles. The fourth-order valence-electron chi connectivity index (χ4n) is 6.35. The van der Waals surface area contributed by atoms with Crippen molar-refractivity contribution < 1.29 is 33.3 Å². The van der Waals surface area contributed by atoms with Gasteiger partial charge in [0.25, 0.3) is 0 Å². The number of hydrogen-bond donors (Lipinski definition) is 1. The van der Waals surface area contributed by atoms with E-state index in [1.165, 1.54) is 11.1 Å². The molecule has 4 atom stereocenters. The van der Waals surface area contributed by atoms with Gasteiger partial charge in [-0.1, -0.05) is 44.2 Å². The molecular formula is C36H48N2O7. The summed E-state index contributed by atoms with van der Waals surface area (Å²) in [6.45, 7) is 11.4. The molecule has 9 heteroatoms. The molecule has 0 aliphatic carbocycles. The first-order chi connectivity index (χ1) is 21.4. The molecule has 4 rings (SSSR count). The molecule has 0 radical (unpaired) electrons. The first-order valence-electron chi connectivity index (χ1n) is 15.8. The molecule has 2 aromatic rings. The van der Waals surface area contributed by atoms with E-state index in [4.69, 9.17) is 18.9 Å². The number of esters is 2. The fourth-order valence-corrected chi connectivity index (χ4v) is 6.35. The van der Waals surface area contributed by atoms with E-state index in [-0.39, 0.29) is 24.5 Å². The predicted molar refractivity (Wildman–Crippen MR) is 172 cm³/mol. The number of methoxy groups -OCH3 is 2. The van der Waals surface area contributed by atoms with E-state index in [0.717, 1.165) is 43.6 Å². The van der Waals surface area contributed by atoms with E-state index in [1.807, 2.05) is 36.4 Å². The van der Waals surface area contributed by atoms with Gasteiger partial charge in [-0.3, -0.25) is 9.69 Å². The number of benzene rings is 2. The maximum absolute atomic E-state index is 13.1. The smallest absolute Gasteiger partial charge is 0.331 e. The lowest BCUT2D eigenvalue weighted by Gasteiger charge is -2.47. The van der Waals surface area contributed by atoms with E-state index in [2.05, 4.69) is 30.1 Å². The first-order valence-corrected chi connectivity index (χ1v) is 15.8. The highest BCUT2D eigenvalue weighted by Crippen LogP contribution is 2.44. The maximum atomic E-state index is 13.1. The Morgan fingerprint density at radius 3 is 2.36 bits per heavy atom. The van der Waals surface area contributed by atoms with Crippen LogP contribution >= 0.6 is 0 Å². The number of carbonyl (C=O) groups excluding carboxylic acids is 3. The summed E-state index contributed by atoms with van der Waals surface area (Å²) in [4.78, 5) is 41.4. The largest absolute Gasteiger partial charge is 0.493 e. The van der Waals surface area contributed by atoms with E-state index >= 15 is 0 Å². The Labute approximate surface area is 267 Å². The molecule has 1 amide bonds. The standard InChI is InChI=1S/C36H48N2O7/c1-23(2)17-26-22-38-16-15-25-19-31(42-6)32(43-7)20-27(25)29(38)21-30(26)44-34(40)14-13-33(39)37-28(35(41)45-36(3,4)5)18-24-11-9-8-10-12-24/h8-14,19-20,23,26,28-30H,15-18,21-22H2,1-7H3,(H,37,39)/b14-13+/t26-,28+,29-,30-/m1/s1. The van der Waals surface area contributed by atoms with Crippen LogP contribution in [0.2, 0.25) is 0 Å². The van der Waals surface area contributed by atoms with Gasteiger partial charge in [0.1, 0.15) is 17.7 Å². The molecule has 2 heterocycles. The summed E-state index contributed by atoms with van der Waals surface area (Å²) in [5.74, 6) is 0.290. The van der Waals surface area contributed by atoms with Gasteiger partial charge < -0.3 is 24.3 Å². The van der Waals surface area contributed by atoms with Crippen LogP contribution < -0.4 is 14.8 Å². The number of carbonyl (C=O) groups is 3. The van der Waals surface area contributed by atoms with Crippen LogP contribution in [0.15, 0.2) is 54.6 Å². The zero-order valence-corrected chi connectivity index (χ0v) is 27.6. The van der Waals surface area contributed by atoms with Crippen LogP contribution in [0, 0.1) is 11.8 Å². The fraction of sp³-hybridized carbons (Fsp3) is 0.528. The highest BCUT2D eigenvalue weighted by atomic mass is 16.6. The first kappa shape index (κ1) is 34.0. The van der Waals surface area contributed by atoms with Crippen LogP contribution in [0.3, 0.4) is 0 Å². The van der Waals surface area contributed by atoms with Crippen molar-refractivity contribution >= 4 is 17.8 Å². The van der Waals surface area contributed by atoms with Crippen molar-refractivity contribution in [2.75, 3.05) is 27.3 Å². The molecule has 2 aliphatic rings. The lowest BCUT2D eigenvalue weighted by Crippen LogP contribution is -2.49. The third-order valence-electron chi connectivity index (χ3n) is 8.27. The Morgan fingerprint density at radius 1 is 1.02 bits per heavy atom. The number of hydrogen-bond acceptors (Lipinski definition) is 8. The molecular weight excluding hydrogens is 572 g/mol. The van der Waals surface area contributed by atoms with Crippen LogP contribution in [0.25, 0.3) is 0 Å². The molecule has 0 spiro atoms. The number of nitrogens with one attached hydrogen (secondary N) is 1. The van der Waals surface area contributed by atoms with Crippen molar-refractivity contribution in [3.05, 3.63) is 71.3 Å². The zero-order chi connectivity index (χ0) is 32.7. The van der Waals surface area contributed by atoms with Gasteiger partial charge >= 0.3 is 11.9 Å². The van der Waals surface area contributed by atoms with Crippen LogP contribution in [-0.2, 0) is 36.7 Å². The van der Waals surface area contributed by atoms with Gasteiger partial charge in [-0.25, -0.2) is 9.59 Å². The Bertz CT molecular complexity index is 1370. The molecule has 0 aromatic heterocycles. The number of amides is 1. The average Bonchev–Trinajstić information content (AvgIpc) is 2.98. The minimum Gasteiger partial charge on any atom is -0.493 e. The number of piperidine rings is 1. The summed E-state index contributed by atoms with van der Waals surface area (Å²) in [5.41, 5.74) is 2.55. The van der Waals surface area contributed by atoms with Crippen molar-refractivity contribution in [1.82, 2.24) is 10.2 Å².